The fourth-order valence-electron chi connectivity index (χ4n) is 1.39. The number of halogens is 2. The van der Waals surface area contributed by atoms with Crippen LogP contribution in [0.2, 0.25) is 5.02 Å². The van der Waals surface area contributed by atoms with E-state index in [9.17, 15) is 4.79 Å². The second-order valence-electron chi connectivity index (χ2n) is 3.31. The van der Waals surface area contributed by atoms with Crippen molar-refractivity contribution in [2.75, 3.05) is 5.88 Å². The molecule has 0 unspecified atom stereocenters. The lowest BCUT2D eigenvalue weighted by molar-refractivity contribution is -0.118. The van der Waals surface area contributed by atoms with Crippen molar-refractivity contribution < 1.29 is 9.21 Å². The number of rotatable bonds is 3. The Hall–Kier alpha value is -1.19. The number of hydrogen-bond donors (Lipinski definition) is 1. The van der Waals surface area contributed by atoms with Gasteiger partial charge >= 0.3 is 0 Å². The molecular weight excluding hydrogens is 249 g/mol. The highest BCUT2D eigenvalue weighted by Gasteiger charge is 2.05. The van der Waals surface area contributed by atoms with Crippen molar-refractivity contribution in [3.05, 3.63) is 35.0 Å². The van der Waals surface area contributed by atoms with Crippen LogP contribution in [0.3, 0.4) is 0 Å². The van der Waals surface area contributed by atoms with E-state index in [0.29, 0.717) is 17.3 Å². The van der Waals surface area contributed by atoms with Gasteiger partial charge in [0.2, 0.25) is 5.91 Å². The maximum atomic E-state index is 10.9. The van der Waals surface area contributed by atoms with Crippen molar-refractivity contribution in [1.82, 2.24) is 5.32 Å². The monoisotopic (exact) mass is 257 g/mol. The van der Waals surface area contributed by atoms with E-state index in [1.807, 2.05) is 12.1 Å². The van der Waals surface area contributed by atoms with Gasteiger partial charge in [-0.15, -0.1) is 11.6 Å². The molecule has 2 rings (SSSR count). The maximum absolute atomic E-state index is 10.9. The van der Waals surface area contributed by atoms with Crippen LogP contribution in [0.1, 0.15) is 5.76 Å². The van der Waals surface area contributed by atoms with E-state index in [1.54, 1.807) is 12.1 Å². The number of alkyl halides is 1. The van der Waals surface area contributed by atoms with Gasteiger partial charge in [0.1, 0.15) is 17.2 Å². The molecule has 3 nitrogen and oxygen atoms in total. The second kappa shape index (κ2) is 4.76. The maximum Gasteiger partial charge on any atom is 0.235 e. The molecular formula is C11H9Cl2NO2. The molecule has 1 amide bonds. The molecule has 0 bridgehead atoms. The van der Waals surface area contributed by atoms with Crippen LogP contribution in [-0.4, -0.2) is 11.8 Å². The predicted molar refractivity (Wildman–Crippen MR) is 63.8 cm³/mol. The minimum absolute atomic E-state index is 0.0495. The highest BCUT2D eigenvalue weighted by atomic mass is 35.5. The number of carbonyl (C=O) groups is 1. The zero-order valence-corrected chi connectivity index (χ0v) is 9.81. The van der Waals surface area contributed by atoms with Gasteiger partial charge in [-0.1, -0.05) is 11.6 Å². The lowest BCUT2D eigenvalue weighted by Crippen LogP contribution is -2.23. The number of furan rings is 1. The van der Waals surface area contributed by atoms with Crippen LogP contribution in [0.15, 0.2) is 28.7 Å². The van der Waals surface area contributed by atoms with Gasteiger partial charge in [-0.25, -0.2) is 0 Å². The third-order valence-corrected chi connectivity index (χ3v) is 2.59. The Labute approximate surface area is 102 Å². The molecule has 0 aliphatic rings. The van der Waals surface area contributed by atoms with Crippen LogP contribution in [0.5, 0.6) is 0 Å². The molecule has 0 saturated heterocycles. The number of hydrogen-bond acceptors (Lipinski definition) is 2. The first kappa shape index (κ1) is 11.3. The fourth-order valence-corrected chi connectivity index (χ4v) is 1.66. The first-order valence-corrected chi connectivity index (χ1v) is 5.61. The summed E-state index contributed by atoms with van der Waals surface area (Å²) in [7, 11) is 0. The summed E-state index contributed by atoms with van der Waals surface area (Å²) in [4.78, 5) is 10.9. The fraction of sp³-hybridized carbons (Fsp3) is 0.182. The normalized spacial score (nSPS) is 10.6. The van der Waals surface area contributed by atoms with Crippen molar-refractivity contribution in [3.63, 3.8) is 0 Å². The molecule has 1 aromatic heterocycles. The summed E-state index contributed by atoms with van der Waals surface area (Å²) in [6.45, 7) is 0.331. The molecule has 16 heavy (non-hydrogen) atoms. The van der Waals surface area contributed by atoms with Gasteiger partial charge < -0.3 is 9.73 Å². The first-order valence-electron chi connectivity index (χ1n) is 4.69. The minimum Gasteiger partial charge on any atom is -0.459 e. The Bertz CT molecular complexity index is 522. The standard InChI is InChI=1S/C11H9Cl2NO2/c12-5-11(15)14-6-9-4-7-3-8(13)1-2-10(7)16-9/h1-4H,5-6H2,(H,14,15). The molecule has 0 aliphatic carbocycles. The Morgan fingerprint density at radius 1 is 1.38 bits per heavy atom. The Kier molecular flexibility index (Phi) is 3.36. The largest absolute Gasteiger partial charge is 0.459 e. The number of amides is 1. The van der Waals surface area contributed by atoms with E-state index < -0.39 is 0 Å². The van der Waals surface area contributed by atoms with Crippen molar-refractivity contribution in [1.29, 1.82) is 0 Å². The van der Waals surface area contributed by atoms with E-state index in [4.69, 9.17) is 27.6 Å². The second-order valence-corrected chi connectivity index (χ2v) is 4.01. The van der Waals surface area contributed by atoms with Gasteiger partial charge in [0.25, 0.3) is 0 Å². The smallest absolute Gasteiger partial charge is 0.235 e. The van der Waals surface area contributed by atoms with E-state index in [1.165, 1.54) is 0 Å². The first-order chi connectivity index (χ1) is 7.69. The molecule has 0 fully saturated rings. The number of fused-ring (bicyclic) bond motifs is 1. The molecule has 0 saturated carbocycles. The summed E-state index contributed by atoms with van der Waals surface area (Å²) < 4.78 is 5.50. The van der Waals surface area contributed by atoms with Crippen molar-refractivity contribution in [3.8, 4) is 0 Å². The van der Waals surface area contributed by atoms with Gasteiger partial charge in [0, 0.05) is 10.4 Å². The lowest BCUT2D eigenvalue weighted by Gasteiger charge is -1.98. The summed E-state index contributed by atoms with van der Waals surface area (Å²) >= 11 is 11.2. The third-order valence-electron chi connectivity index (χ3n) is 2.11. The highest BCUT2D eigenvalue weighted by molar-refractivity contribution is 6.31. The molecule has 5 heteroatoms. The molecule has 2 aromatic rings. The number of nitrogens with one attached hydrogen (secondary N) is 1. The highest BCUT2D eigenvalue weighted by Crippen LogP contribution is 2.22. The zero-order valence-electron chi connectivity index (χ0n) is 8.30. The van der Waals surface area contributed by atoms with E-state index in [2.05, 4.69) is 5.32 Å². The van der Waals surface area contributed by atoms with E-state index >= 15 is 0 Å². The third kappa shape index (κ3) is 2.49. The Morgan fingerprint density at radius 2 is 2.19 bits per heavy atom. The summed E-state index contributed by atoms with van der Waals surface area (Å²) in [5, 5.41) is 4.20. The average molecular weight is 258 g/mol. The van der Waals surface area contributed by atoms with Gasteiger partial charge in [0.05, 0.1) is 6.54 Å². The summed E-state index contributed by atoms with van der Waals surface area (Å²) in [6, 6.07) is 7.21. The van der Waals surface area contributed by atoms with Gasteiger partial charge in [-0.2, -0.15) is 0 Å². The van der Waals surface area contributed by atoms with Crippen LogP contribution in [0.4, 0.5) is 0 Å². The van der Waals surface area contributed by atoms with Crippen LogP contribution in [0.25, 0.3) is 11.0 Å². The molecule has 0 radical (unpaired) electrons. The van der Waals surface area contributed by atoms with Gasteiger partial charge in [-0.3, -0.25) is 4.79 Å². The molecule has 1 N–H and O–H groups in total. The van der Waals surface area contributed by atoms with Gasteiger partial charge in [-0.05, 0) is 24.3 Å². The molecule has 1 heterocycles. The topological polar surface area (TPSA) is 42.2 Å². The lowest BCUT2D eigenvalue weighted by atomic mass is 10.2. The van der Waals surface area contributed by atoms with Crippen LogP contribution >= 0.6 is 23.2 Å². The summed E-state index contributed by atoms with van der Waals surface area (Å²) in [5.74, 6) is 0.405. The summed E-state index contributed by atoms with van der Waals surface area (Å²) in [5.41, 5.74) is 0.750. The average Bonchev–Trinajstić information content (AvgIpc) is 2.67. The SMILES string of the molecule is O=C(CCl)NCc1cc2cc(Cl)ccc2o1. The van der Waals surface area contributed by atoms with E-state index in [-0.39, 0.29) is 11.8 Å². The van der Waals surface area contributed by atoms with Crippen molar-refractivity contribution >= 4 is 40.1 Å². The zero-order chi connectivity index (χ0) is 11.5. The summed E-state index contributed by atoms with van der Waals surface area (Å²) in [6.07, 6.45) is 0. The number of carbonyl (C=O) groups excluding carboxylic acids is 1. The van der Waals surface area contributed by atoms with Crippen LogP contribution in [0, 0.1) is 0 Å². The molecule has 0 aliphatic heterocycles. The minimum atomic E-state index is -0.222. The molecule has 0 spiro atoms. The van der Waals surface area contributed by atoms with Crippen molar-refractivity contribution in [2.45, 2.75) is 6.54 Å². The van der Waals surface area contributed by atoms with Gasteiger partial charge in [0.15, 0.2) is 0 Å². The van der Waals surface area contributed by atoms with Crippen LogP contribution in [-0.2, 0) is 11.3 Å². The molecule has 84 valence electrons. The predicted octanol–water partition coefficient (Wildman–Crippen LogP) is 2.94. The Morgan fingerprint density at radius 3 is 2.94 bits per heavy atom. The molecule has 1 aromatic carbocycles. The van der Waals surface area contributed by atoms with Crippen LogP contribution < -0.4 is 5.32 Å². The quantitative estimate of drug-likeness (QED) is 0.860. The van der Waals surface area contributed by atoms with Crippen molar-refractivity contribution in [2.24, 2.45) is 0 Å². The number of benzene rings is 1. The van der Waals surface area contributed by atoms with E-state index in [0.717, 1.165) is 11.0 Å². The Balaban J connectivity index is 2.16. The molecule has 0 atom stereocenters.